The number of carbonyl (C=O) groups excluding carboxylic acids is 2. The summed E-state index contributed by atoms with van der Waals surface area (Å²) in [5.41, 5.74) is 3.08. The number of carbonyl (C=O) groups is 3. The van der Waals surface area contributed by atoms with E-state index in [9.17, 15) is 24.6 Å². The van der Waals surface area contributed by atoms with Gasteiger partial charge in [0.2, 0.25) is 5.91 Å². The molecule has 8 rings (SSSR count). The first-order valence-corrected chi connectivity index (χ1v) is 17.7. The van der Waals surface area contributed by atoms with Crippen molar-refractivity contribution in [3.8, 4) is 17.6 Å². The largest absolute Gasteiger partial charge is 0.491 e. The molecule has 4 aromatic rings. The van der Waals surface area contributed by atoms with Crippen molar-refractivity contribution in [2.45, 2.75) is 55.3 Å². The van der Waals surface area contributed by atoms with Gasteiger partial charge in [-0.15, -0.1) is 0 Å². The van der Waals surface area contributed by atoms with Crippen LogP contribution in [0, 0.1) is 17.8 Å². The Labute approximate surface area is 301 Å². The molecule has 0 saturated carbocycles. The molecule has 3 aliphatic heterocycles. The summed E-state index contributed by atoms with van der Waals surface area (Å²) in [6, 6.07) is 28.6. The van der Waals surface area contributed by atoms with Crippen molar-refractivity contribution >= 4 is 23.5 Å². The van der Waals surface area contributed by atoms with Gasteiger partial charge in [0.25, 0.3) is 0 Å². The molecule has 2 saturated heterocycles. The number of carboxylic acid groups (broad SMARTS) is 1. The summed E-state index contributed by atoms with van der Waals surface area (Å²) >= 11 is 0. The molecule has 2 fully saturated rings. The Morgan fingerprint density at radius 2 is 1.62 bits per heavy atom. The van der Waals surface area contributed by atoms with E-state index in [-0.39, 0.29) is 13.2 Å². The second-order valence-electron chi connectivity index (χ2n) is 13.7. The van der Waals surface area contributed by atoms with Gasteiger partial charge in [-0.1, -0.05) is 90.7 Å². The number of esters is 1. The molecule has 6 atom stereocenters. The van der Waals surface area contributed by atoms with Crippen molar-refractivity contribution in [2.24, 2.45) is 5.92 Å². The van der Waals surface area contributed by atoms with E-state index in [1.165, 1.54) is 0 Å². The summed E-state index contributed by atoms with van der Waals surface area (Å²) in [6.07, 6.45) is 5.47. The molecule has 9 nitrogen and oxygen atoms in total. The number of amides is 1. The lowest BCUT2D eigenvalue weighted by Gasteiger charge is -2.46. The number of benzene rings is 4. The number of nitrogens with zero attached hydrogens (tertiary/aromatic N) is 1. The smallest absolute Gasteiger partial charge is 0.325 e. The van der Waals surface area contributed by atoms with Crippen LogP contribution >= 0.6 is 0 Å². The zero-order chi connectivity index (χ0) is 35.8. The number of aliphatic hydroxyl groups excluding tert-OH is 1. The number of hydrogen-bond donors (Lipinski definition) is 3. The minimum atomic E-state index is -1.77. The first-order valence-electron chi connectivity index (χ1n) is 17.7. The molecule has 1 spiro atoms. The molecule has 262 valence electrons. The van der Waals surface area contributed by atoms with Gasteiger partial charge in [-0.05, 0) is 83.8 Å². The monoisotopic (exact) mass is 694 g/mol. The molecule has 3 heterocycles. The summed E-state index contributed by atoms with van der Waals surface area (Å²) in [4.78, 5) is 45.0. The normalized spacial score (nSPS) is 26.3. The lowest BCUT2D eigenvalue weighted by atomic mass is 9.65. The number of nitrogens with one attached hydrogen (secondary N) is 1. The maximum Gasteiger partial charge on any atom is 0.325 e. The summed E-state index contributed by atoms with van der Waals surface area (Å²) < 4.78 is 12.0. The first-order chi connectivity index (χ1) is 25.4. The van der Waals surface area contributed by atoms with Crippen LogP contribution in [0.4, 0.5) is 5.69 Å². The zero-order valence-electron chi connectivity index (χ0n) is 28.4. The second-order valence-corrected chi connectivity index (χ2v) is 13.7. The molecular weight excluding hydrogens is 656 g/mol. The van der Waals surface area contributed by atoms with Gasteiger partial charge in [0.1, 0.15) is 35.8 Å². The number of allylic oxidation sites excluding steroid dienone is 2. The van der Waals surface area contributed by atoms with E-state index in [1.807, 2.05) is 89.8 Å². The molecule has 3 N–H and O–H groups in total. The van der Waals surface area contributed by atoms with Crippen LogP contribution in [0.15, 0.2) is 115 Å². The Morgan fingerprint density at radius 1 is 0.885 bits per heavy atom. The second kappa shape index (κ2) is 13.8. The fourth-order valence-electron chi connectivity index (χ4n) is 8.66. The molecular formula is C43H38N2O7. The van der Waals surface area contributed by atoms with Crippen molar-refractivity contribution in [1.29, 1.82) is 0 Å². The average Bonchev–Trinajstić information content (AvgIpc) is 3.66. The van der Waals surface area contributed by atoms with Gasteiger partial charge >= 0.3 is 11.9 Å². The van der Waals surface area contributed by atoms with Gasteiger partial charge in [0, 0.05) is 11.3 Å². The molecule has 9 heteroatoms. The van der Waals surface area contributed by atoms with Crippen molar-refractivity contribution in [3.63, 3.8) is 0 Å². The van der Waals surface area contributed by atoms with Crippen molar-refractivity contribution < 1.29 is 34.1 Å². The predicted molar refractivity (Wildman–Crippen MR) is 193 cm³/mol. The van der Waals surface area contributed by atoms with Crippen LogP contribution in [0.5, 0.6) is 5.75 Å². The molecule has 52 heavy (non-hydrogen) atoms. The standard InChI is InChI=1S/C43H38N2O7/c46-24-25-51-32-21-19-31(20-22-32)39-43(33-26-28(18-23-34(33)44-42(43)50)17-16-27-10-4-1-5-11-27)35(40(47)48)37-41(49)52-38(30-14-8-3-9-15-30)36(45(37)39)29-12-6-2-7-13-29/h2-3,6-10,12-15,18-23,26,35-39,46H,1,4-5,11,24-25H2,(H,44,50)(H,47,48)/t35-,36-,37-,38+,39+,43-/m1/s1. The summed E-state index contributed by atoms with van der Waals surface area (Å²) in [5.74, 6) is 3.06. The highest BCUT2D eigenvalue weighted by molar-refractivity contribution is 6.11. The summed E-state index contributed by atoms with van der Waals surface area (Å²) in [5, 5.41) is 23.6. The number of ether oxygens (including phenoxy) is 2. The van der Waals surface area contributed by atoms with Crippen LogP contribution in [0.2, 0.25) is 0 Å². The van der Waals surface area contributed by atoms with Crippen LogP contribution in [0.3, 0.4) is 0 Å². The maximum atomic E-state index is 14.9. The molecule has 4 aromatic carbocycles. The number of rotatable bonds is 7. The highest BCUT2D eigenvalue weighted by atomic mass is 16.6. The third kappa shape index (κ3) is 5.56. The van der Waals surface area contributed by atoms with E-state index >= 15 is 0 Å². The molecule has 0 unspecified atom stereocenters. The zero-order valence-corrected chi connectivity index (χ0v) is 28.4. The minimum absolute atomic E-state index is 0.0964. The van der Waals surface area contributed by atoms with Gasteiger partial charge in [0.05, 0.1) is 18.7 Å². The quantitative estimate of drug-likeness (QED) is 0.153. The Kier molecular flexibility index (Phi) is 8.87. The van der Waals surface area contributed by atoms with Crippen LogP contribution in [0.1, 0.15) is 71.7 Å². The van der Waals surface area contributed by atoms with Gasteiger partial charge in [-0.25, -0.2) is 0 Å². The van der Waals surface area contributed by atoms with E-state index < -0.39 is 53.4 Å². The molecule has 1 aliphatic carbocycles. The van der Waals surface area contributed by atoms with Gasteiger partial charge in [0.15, 0.2) is 0 Å². The third-order valence-corrected chi connectivity index (χ3v) is 10.8. The highest BCUT2D eigenvalue weighted by Gasteiger charge is 2.74. The SMILES string of the molecule is O=C1O[C@@H](c2ccccc2)[C@@H](c2ccccc2)N2[C@@H](c3ccc(OCCO)cc3)[C@]3(C(=O)Nc4ccc(C#CC5=CCCCC5)cc43)[C@@H](C(=O)O)[C@H]12. The van der Waals surface area contributed by atoms with E-state index in [2.05, 4.69) is 23.2 Å². The van der Waals surface area contributed by atoms with E-state index in [0.29, 0.717) is 28.1 Å². The number of carboxylic acids is 1. The number of cyclic esters (lactones) is 1. The fraction of sp³-hybridized carbons (Fsp3) is 0.279. The number of morpholine rings is 1. The summed E-state index contributed by atoms with van der Waals surface area (Å²) in [6.45, 7) is -0.0659. The van der Waals surface area contributed by atoms with Crippen molar-refractivity contribution in [2.75, 3.05) is 18.5 Å². The number of aliphatic hydroxyl groups is 1. The van der Waals surface area contributed by atoms with Crippen LogP contribution in [0.25, 0.3) is 0 Å². The van der Waals surface area contributed by atoms with Crippen LogP contribution in [-0.4, -0.2) is 52.2 Å². The van der Waals surface area contributed by atoms with Crippen molar-refractivity contribution in [3.05, 3.63) is 143 Å². The Bertz CT molecular complexity index is 2100. The highest BCUT2D eigenvalue weighted by Crippen LogP contribution is 2.64. The fourth-order valence-corrected chi connectivity index (χ4v) is 8.66. The van der Waals surface area contributed by atoms with E-state index in [4.69, 9.17) is 9.47 Å². The third-order valence-electron chi connectivity index (χ3n) is 10.8. The number of anilines is 1. The lowest BCUT2D eigenvalue weighted by molar-refractivity contribution is -0.179. The first kappa shape index (κ1) is 33.5. The predicted octanol–water partition coefficient (Wildman–Crippen LogP) is 6.27. The van der Waals surface area contributed by atoms with Gasteiger partial charge < -0.3 is 25.0 Å². The topological polar surface area (TPSA) is 125 Å². The van der Waals surface area contributed by atoms with E-state index in [0.717, 1.165) is 42.4 Å². The number of aliphatic carboxylic acids is 1. The molecule has 0 radical (unpaired) electrons. The van der Waals surface area contributed by atoms with Crippen molar-refractivity contribution in [1.82, 2.24) is 4.90 Å². The molecule has 0 aromatic heterocycles. The Morgan fingerprint density at radius 3 is 2.29 bits per heavy atom. The molecule has 0 bridgehead atoms. The average molecular weight is 695 g/mol. The maximum absolute atomic E-state index is 14.9. The lowest BCUT2D eigenvalue weighted by Crippen LogP contribution is -2.52. The van der Waals surface area contributed by atoms with Gasteiger partial charge in [-0.3, -0.25) is 19.3 Å². The van der Waals surface area contributed by atoms with Crippen LogP contribution < -0.4 is 10.1 Å². The Hall–Kier alpha value is -5.69. The number of fused-ring (bicyclic) bond motifs is 3. The molecule has 4 aliphatic rings. The minimum Gasteiger partial charge on any atom is -0.491 e. The summed E-state index contributed by atoms with van der Waals surface area (Å²) in [7, 11) is 0. The Balaban J connectivity index is 1.38. The molecule has 1 amide bonds. The van der Waals surface area contributed by atoms with Gasteiger partial charge in [-0.2, -0.15) is 0 Å². The van der Waals surface area contributed by atoms with Crippen LogP contribution in [-0.2, 0) is 24.5 Å². The number of hydrogen-bond acceptors (Lipinski definition) is 7. The van der Waals surface area contributed by atoms with E-state index in [1.54, 1.807) is 18.2 Å².